The first-order chi connectivity index (χ1) is 18.9. The molecule has 8 nitrogen and oxygen atoms in total. The van der Waals surface area contributed by atoms with E-state index in [4.69, 9.17) is 27.9 Å². The van der Waals surface area contributed by atoms with Crippen LogP contribution < -0.4 is 20.3 Å². The fourth-order valence-corrected chi connectivity index (χ4v) is 6.03. The van der Waals surface area contributed by atoms with Crippen molar-refractivity contribution in [1.29, 1.82) is 0 Å². The lowest BCUT2D eigenvalue weighted by Crippen LogP contribution is -2.55. The molecule has 224 valence electrons. The Balaban J connectivity index is 1.38. The van der Waals surface area contributed by atoms with Gasteiger partial charge in [0.1, 0.15) is 18.1 Å². The number of aliphatic hydroxyl groups is 1. The number of halogens is 5. The highest BCUT2D eigenvalue weighted by Gasteiger charge is 2.43. The smallest absolute Gasteiger partial charge is 0.405 e. The highest BCUT2D eigenvalue weighted by molar-refractivity contribution is 6.36. The zero-order valence-corrected chi connectivity index (χ0v) is 24.6. The average molecular weight is 617 g/mol. The molecule has 3 N–H and O–H groups in total. The molecule has 2 fully saturated rings. The van der Waals surface area contributed by atoms with Gasteiger partial charge in [0.05, 0.1) is 16.2 Å². The van der Waals surface area contributed by atoms with Gasteiger partial charge in [-0.05, 0) is 77.6 Å². The maximum Gasteiger partial charge on any atom is 0.405 e. The van der Waals surface area contributed by atoms with E-state index in [1.165, 1.54) is 24.4 Å². The second-order valence-corrected chi connectivity index (χ2v) is 12.4. The van der Waals surface area contributed by atoms with Gasteiger partial charge in [-0.15, -0.1) is 0 Å². The number of piperidine rings is 1. The van der Waals surface area contributed by atoms with Gasteiger partial charge in [0.25, 0.3) is 11.8 Å². The average Bonchev–Trinajstić information content (AvgIpc) is 3.13. The van der Waals surface area contributed by atoms with Crippen LogP contribution in [0.25, 0.3) is 0 Å². The molecule has 3 heterocycles. The Hall–Kier alpha value is -2.76. The van der Waals surface area contributed by atoms with Crippen molar-refractivity contribution in [3.8, 4) is 5.75 Å². The molecule has 0 spiro atoms. The van der Waals surface area contributed by atoms with E-state index in [0.29, 0.717) is 24.2 Å². The minimum atomic E-state index is -4.49. The van der Waals surface area contributed by atoms with E-state index in [1.54, 1.807) is 33.8 Å². The molecule has 41 heavy (non-hydrogen) atoms. The lowest BCUT2D eigenvalue weighted by Gasteiger charge is -2.41. The molecule has 13 heteroatoms. The van der Waals surface area contributed by atoms with Crippen LogP contribution in [0, 0.1) is 0 Å². The van der Waals surface area contributed by atoms with Gasteiger partial charge in [-0.3, -0.25) is 9.59 Å². The number of fused-ring (bicyclic) bond motifs is 2. The van der Waals surface area contributed by atoms with Gasteiger partial charge in [-0.1, -0.05) is 23.2 Å². The number of carbonyl (C=O) groups is 2. The zero-order chi connectivity index (χ0) is 30.3. The number of rotatable bonds is 8. The molecule has 2 aromatic rings. The Morgan fingerprint density at radius 2 is 1.71 bits per heavy atom. The number of carbonyl (C=O) groups excluding carboxylic acids is 2. The zero-order valence-electron chi connectivity index (χ0n) is 23.1. The summed E-state index contributed by atoms with van der Waals surface area (Å²) in [6.45, 7) is 5.04. The van der Waals surface area contributed by atoms with Crippen molar-refractivity contribution in [3.05, 3.63) is 51.6 Å². The number of nitrogens with one attached hydrogen (secondary N) is 2. The lowest BCUT2D eigenvalue weighted by atomic mass is 9.96. The quantitative estimate of drug-likeness (QED) is 0.368. The third-order valence-corrected chi connectivity index (χ3v) is 7.99. The van der Waals surface area contributed by atoms with Crippen LogP contribution in [0.2, 0.25) is 10.0 Å². The summed E-state index contributed by atoms with van der Waals surface area (Å²) in [6, 6.07) is 6.20. The summed E-state index contributed by atoms with van der Waals surface area (Å²) in [5.74, 6) is -0.298. The molecule has 1 aromatic carbocycles. The Kier molecular flexibility index (Phi) is 8.74. The summed E-state index contributed by atoms with van der Waals surface area (Å²) in [4.78, 5) is 31.8. The van der Waals surface area contributed by atoms with Crippen molar-refractivity contribution in [2.24, 2.45) is 0 Å². The molecule has 1 aromatic heterocycles. The molecule has 4 rings (SSSR count). The minimum Gasteiger partial charge on any atom is -0.476 e. The van der Waals surface area contributed by atoms with Gasteiger partial charge < -0.3 is 25.4 Å². The predicted octanol–water partition coefficient (Wildman–Crippen LogP) is 5.38. The second-order valence-electron chi connectivity index (χ2n) is 11.6. The molecule has 0 saturated carbocycles. The number of alkyl halides is 3. The molecule has 2 aliphatic heterocycles. The SMILES string of the molecule is CC(C)(Oc1cc(C(C)(C)O)c(Cl)cc1Cl)C(=O)NC1C[C@H]2CC[C@@H](C1)N2c1ccc(C(=O)NCC(F)(F)F)cn1. The third-order valence-electron chi connectivity index (χ3n) is 7.38. The van der Waals surface area contributed by atoms with Crippen LogP contribution in [-0.2, 0) is 10.4 Å². The Morgan fingerprint density at radius 1 is 1.07 bits per heavy atom. The van der Waals surface area contributed by atoms with Gasteiger partial charge in [-0.25, -0.2) is 4.98 Å². The number of benzene rings is 1. The molecular formula is C28H33Cl2F3N4O4. The van der Waals surface area contributed by atoms with E-state index in [2.05, 4.69) is 15.2 Å². The monoisotopic (exact) mass is 616 g/mol. The van der Waals surface area contributed by atoms with Gasteiger partial charge in [0, 0.05) is 34.9 Å². The second kappa shape index (κ2) is 11.5. The predicted molar refractivity (Wildman–Crippen MR) is 149 cm³/mol. The van der Waals surface area contributed by atoms with Crippen molar-refractivity contribution < 1.29 is 32.6 Å². The van der Waals surface area contributed by atoms with Crippen LogP contribution in [0.1, 0.15) is 69.3 Å². The largest absolute Gasteiger partial charge is 0.476 e. The molecule has 2 bridgehead atoms. The summed E-state index contributed by atoms with van der Waals surface area (Å²) in [5, 5.41) is 15.9. The van der Waals surface area contributed by atoms with E-state index in [9.17, 15) is 27.9 Å². The number of pyridine rings is 1. The highest BCUT2D eigenvalue weighted by atomic mass is 35.5. The molecule has 1 unspecified atom stereocenters. The van der Waals surface area contributed by atoms with Crippen LogP contribution in [-0.4, -0.2) is 58.4 Å². The van der Waals surface area contributed by atoms with Gasteiger partial charge in [0.15, 0.2) is 5.60 Å². The number of hydrogen-bond acceptors (Lipinski definition) is 6. The lowest BCUT2D eigenvalue weighted by molar-refractivity contribution is -0.135. The maximum atomic E-state index is 13.3. The normalized spacial score (nSPS) is 21.0. The van der Waals surface area contributed by atoms with Gasteiger partial charge in [0.2, 0.25) is 0 Å². The minimum absolute atomic E-state index is 0.0465. The molecule has 2 saturated heterocycles. The number of anilines is 1. The summed E-state index contributed by atoms with van der Waals surface area (Å²) in [7, 11) is 0. The van der Waals surface area contributed by atoms with E-state index in [-0.39, 0.29) is 45.4 Å². The highest BCUT2D eigenvalue weighted by Crippen LogP contribution is 2.40. The summed E-state index contributed by atoms with van der Waals surface area (Å²) < 4.78 is 43.2. The van der Waals surface area contributed by atoms with Crippen LogP contribution in [0.4, 0.5) is 19.0 Å². The number of amides is 2. The van der Waals surface area contributed by atoms with Crippen molar-refractivity contribution in [1.82, 2.24) is 15.6 Å². The Bertz CT molecular complexity index is 1280. The van der Waals surface area contributed by atoms with Crippen LogP contribution in [0.5, 0.6) is 5.75 Å². The standard InChI is InChI=1S/C28H33Cl2F3N4O4/c1-26(2,40)19-11-22(21(30)12-20(19)29)41-27(3,4)25(39)36-16-9-17-6-7-18(10-16)37(17)23-8-5-15(13-34-23)24(38)35-14-28(31,32)33/h5,8,11-13,16-18,40H,6-7,9-10,14H2,1-4H3,(H,35,38)(H,36,39)/t16?,17-,18+. The Labute approximate surface area is 246 Å². The molecular weight excluding hydrogens is 584 g/mol. The summed E-state index contributed by atoms with van der Waals surface area (Å²) in [6.07, 6.45) is -0.0951. The fourth-order valence-electron chi connectivity index (χ4n) is 5.38. The van der Waals surface area contributed by atoms with Crippen molar-refractivity contribution in [2.75, 3.05) is 11.4 Å². The molecule has 3 atom stereocenters. The maximum absolute atomic E-state index is 13.3. The van der Waals surface area contributed by atoms with E-state index in [1.807, 2.05) is 5.32 Å². The number of nitrogens with zero attached hydrogens (tertiary/aromatic N) is 2. The van der Waals surface area contributed by atoms with Crippen molar-refractivity contribution in [3.63, 3.8) is 0 Å². The molecule has 2 aliphatic rings. The van der Waals surface area contributed by atoms with Gasteiger partial charge in [-0.2, -0.15) is 13.2 Å². The van der Waals surface area contributed by atoms with Crippen molar-refractivity contribution >= 4 is 40.8 Å². The van der Waals surface area contributed by atoms with Crippen LogP contribution in [0.15, 0.2) is 30.5 Å². The summed E-state index contributed by atoms with van der Waals surface area (Å²) >= 11 is 12.6. The van der Waals surface area contributed by atoms with Gasteiger partial charge >= 0.3 is 6.18 Å². The fraction of sp³-hybridized carbons (Fsp3) is 0.536. The summed E-state index contributed by atoms with van der Waals surface area (Å²) in [5.41, 5.74) is -2.06. The van der Waals surface area contributed by atoms with Crippen molar-refractivity contribution in [2.45, 2.75) is 88.9 Å². The number of aromatic nitrogens is 1. The molecule has 0 aliphatic carbocycles. The van der Waals surface area contributed by atoms with Crippen LogP contribution >= 0.6 is 23.2 Å². The number of ether oxygens (including phenoxy) is 1. The first-order valence-corrected chi connectivity index (χ1v) is 14.0. The molecule has 0 radical (unpaired) electrons. The van der Waals surface area contributed by atoms with E-state index in [0.717, 1.165) is 12.8 Å². The first-order valence-electron chi connectivity index (χ1n) is 13.3. The third kappa shape index (κ3) is 7.37. The first kappa shape index (κ1) is 31.2. The van der Waals surface area contributed by atoms with E-state index < -0.39 is 29.8 Å². The number of hydrogen-bond donors (Lipinski definition) is 3. The van der Waals surface area contributed by atoms with E-state index >= 15 is 0 Å². The topological polar surface area (TPSA) is 104 Å². The molecule has 2 amide bonds. The Morgan fingerprint density at radius 3 is 2.24 bits per heavy atom. The van der Waals surface area contributed by atoms with Crippen LogP contribution in [0.3, 0.4) is 0 Å².